The zero-order valence-corrected chi connectivity index (χ0v) is 44.8. The van der Waals surface area contributed by atoms with Crippen molar-refractivity contribution in [2.24, 2.45) is 0 Å². The molecule has 0 amide bonds. The molecule has 0 aliphatic carbocycles. The Labute approximate surface area is 440 Å². The highest BCUT2D eigenvalue weighted by Gasteiger charge is 2.20. The van der Waals surface area contributed by atoms with Crippen molar-refractivity contribution in [1.82, 2.24) is 0 Å². The van der Waals surface area contributed by atoms with Crippen molar-refractivity contribution in [3.8, 4) is 33.8 Å². The van der Waals surface area contributed by atoms with Gasteiger partial charge in [0.15, 0.2) is 0 Å². The first kappa shape index (κ1) is 50.6. The Morgan fingerprint density at radius 1 is 0.324 bits per heavy atom. The number of anilines is 6. The third kappa shape index (κ3) is 11.5. The highest BCUT2D eigenvalue weighted by Crippen LogP contribution is 2.42. The van der Waals surface area contributed by atoms with Crippen LogP contribution in [-0.2, 0) is 0 Å². The van der Waals surface area contributed by atoms with Gasteiger partial charge >= 0.3 is 0 Å². The minimum Gasteiger partial charge on any atom is -0.494 e. The van der Waals surface area contributed by atoms with Gasteiger partial charge in [-0.3, -0.25) is 0 Å². The van der Waals surface area contributed by atoms with Gasteiger partial charge in [0.05, 0.1) is 24.6 Å². The van der Waals surface area contributed by atoms with Crippen LogP contribution in [0.1, 0.15) is 80.6 Å². The largest absolute Gasteiger partial charge is 0.494 e. The van der Waals surface area contributed by atoms with Gasteiger partial charge in [0.2, 0.25) is 0 Å². The van der Waals surface area contributed by atoms with Gasteiger partial charge in [-0.1, -0.05) is 151 Å². The predicted octanol–water partition coefficient (Wildman–Crippen LogP) is 19.6. The van der Waals surface area contributed by atoms with Crippen molar-refractivity contribution in [3.05, 3.63) is 249 Å². The van der Waals surface area contributed by atoms with E-state index in [-0.39, 0.29) is 0 Å². The summed E-state index contributed by atoms with van der Waals surface area (Å²) in [5, 5.41) is 0. The number of rotatable bonds is 16. The molecule has 0 spiro atoms. The second kappa shape index (κ2) is 22.6. The fraction of sp³-hybridized carbons (Fsp3) is 0.171. The molecule has 4 nitrogen and oxygen atoms in total. The zero-order valence-electron chi connectivity index (χ0n) is 44.8. The fourth-order valence-corrected chi connectivity index (χ4v) is 10.3. The van der Waals surface area contributed by atoms with Crippen molar-refractivity contribution in [2.75, 3.05) is 23.0 Å². The van der Waals surface area contributed by atoms with E-state index >= 15 is 0 Å². The first-order valence-electron chi connectivity index (χ1n) is 26.0. The lowest BCUT2D eigenvalue weighted by atomic mass is 9.98. The maximum atomic E-state index is 5.95. The standard InChI is InChI=1S/C70H68N2O2/c1-11-73-67-40-31-57(50(6)46-67)21-14-55-16-32-63(33-17-55)71(69-51(7)41-48(4)42-52(69)8)65-36-27-60(28-37-65)58-23-25-59(26-24-58)61-29-38-66(39-30-61)72(70-53(9)43-49(5)44-54(70)10)64-34-18-56(19-35-64)15-22-62-20-13-47(3)45-68(62)74-12-2/h13-46H,11-12H2,1-10H3/b21-14+,22-15+. The zero-order chi connectivity index (χ0) is 51.9. The Bertz CT molecular complexity index is 3410. The summed E-state index contributed by atoms with van der Waals surface area (Å²) >= 11 is 0. The summed E-state index contributed by atoms with van der Waals surface area (Å²) < 4.78 is 11.7. The molecule has 9 aromatic rings. The predicted molar refractivity (Wildman–Crippen MR) is 318 cm³/mol. The van der Waals surface area contributed by atoms with E-state index in [0.717, 1.165) is 50.9 Å². The van der Waals surface area contributed by atoms with Gasteiger partial charge in [-0.05, 0) is 208 Å². The van der Waals surface area contributed by atoms with Crippen LogP contribution < -0.4 is 19.3 Å². The van der Waals surface area contributed by atoms with Crippen molar-refractivity contribution >= 4 is 58.4 Å². The summed E-state index contributed by atoms with van der Waals surface area (Å²) in [6.45, 7) is 22.8. The highest BCUT2D eigenvalue weighted by atomic mass is 16.5. The van der Waals surface area contributed by atoms with Crippen LogP contribution in [0.3, 0.4) is 0 Å². The first-order chi connectivity index (χ1) is 35.8. The van der Waals surface area contributed by atoms with Crippen LogP contribution in [0.5, 0.6) is 11.5 Å². The van der Waals surface area contributed by atoms with E-state index in [2.05, 4.69) is 265 Å². The average Bonchev–Trinajstić information content (AvgIpc) is 3.39. The second-order valence-corrected chi connectivity index (χ2v) is 19.6. The molecule has 0 saturated carbocycles. The van der Waals surface area contributed by atoms with E-state index in [1.54, 1.807) is 0 Å². The molecule has 0 aromatic heterocycles. The number of aryl methyl sites for hydroxylation is 8. The van der Waals surface area contributed by atoms with Crippen molar-refractivity contribution < 1.29 is 9.47 Å². The van der Waals surface area contributed by atoms with Crippen LogP contribution in [0, 0.1) is 55.4 Å². The van der Waals surface area contributed by atoms with E-state index in [9.17, 15) is 0 Å². The third-order valence-corrected chi connectivity index (χ3v) is 13.8. The lowest BCUT2D eigenvalue weighted by molar-refractivity contribution is 0.339. The third-order valence-electron chi connectivity index (χ3n) is 13.8. The van der Waals surface area contributed by atoms with Crippen molar-refractivity contribution in [2.45, 2.75) is 69.2 Å². The molecule has 0 aliphatic rings. The lowest BCUT2D eigenvalue weighted by Crippen LogP contribution is -2.13. The van der Waals surface area contributed by atoms with Gasteiger partial charge in [0, 0.05) is 28.3 Å². The number of benzene rings is 9. The molecule has 4 heteroatoms. The van der Waals surface area contributed by atoms with Gasteiger partial charge in [0.25, 0.3) is 0 Å². The second-order valence-electron chi connectivity index (χ2n) is 19.6. The molecule has 0 saturated heterocycles. The summed E-state index contributed by atoms with van der Waals surface area (Å²) in [5.74, 6) is 1.82. The molecule has 0 heterocycles. The van der Waals surface area contributed by atoms with E-state index in [1.807, 2.05) is 19.9 Å². The van der Waals surface area contributed by atoms with E-state index in [0.29, 0.717) is 13.2 Å². The first-order valence-corrected chi connectivity index (χ1v) is 26.0. The van der Waals surface area contributed by atoms with Gasteiger partial charge in [0.1, 0.15) is 11.5 Å². The highest BCUT2D eigenvalue weighted by molar-refractivity contribution is 5.85. The van der Waals surface area contributed by atoms with Gasteiger partial charge in [-0.15, -0.1) is 0 Å². The molecule has 0 atom stereocenters. The molecule has 0 fully saturated rings. The smallest absolute Gasteiger partial charge is 0.126 e. The molecule has 9 aromatic carbocycles. The quantitative estimate of drug-likeness (QED) is 0.0901. The maximum Gasteiger partial charge on any atom is 0.126 e. The average molecular weight is 969 g/mol. The van der Waals surface area contributed by atoms with E-state index in [4.69, 9.17) is 9.47 Å². The Hall–Kier alpha value is -8.34. The topological polar surface area (TPSA) is 24.9 Å². The Morgan fingerprint density at radius 3 is 1.08 bits per heavy atom. The molecular weight excluding hydrogens is 901 g/mol. The minimum absolute atomic E-state index is 0.634. The molecule has 0 bridgehead atoms. The Morgan fingerprint density at radius 2 is 0.689 bits per heavy atom. The van der Waals surface area contributed by atoms with E-state index in [1.165, 1.54) is 83.7 Å². The molecule has 370 valence electrons. The van der Waals surface area contributed by atoms with Gasteiger partial charge < -0.3 is 19.3 Å². The molecule has 0 N–H and O–H groups in total. The summed E-state index contributed by atoms with van der Waals surface area (Å²) in [6, 6.07) is 66.4. The molecule has 0 aliphatic heterocycles. The van der Waals surface area contributed by atoms with Crippen LogP contribution in [-0.4, -0.2) is 13.2 Å². The fourth-order valence-electron chi connectivity index (χ4n) is 10.3. The monoisotopic (exact) mass is 969 g/mol. The summed E-state index contributed by atoms with van der Waals surface area (Å²) in [7, 11) is 0. The molecule has 0 radical (unpaired) electrons. The molecule has 74 heavy (non-hydrogen) atoms. The van der Waals surface area contributed by atoms with Crippen molar-refractivity contribution in [1.29, 1.82) is 0 Å². The Kier molecular flexibility index (Phi) is 15.5. The normalized spacial score (nSPS) is 11.4. The van der Waals surface area contributed by atoms with Crippen molar-refractivity contribution in [3.63, 3.8) is 0 Å². The number of hydrogen-bond acceptors (Lipinski definition) is 4. The lowest BCUT2D eigenvalue weighted by Gasteiger charge is -2.29. The molecular formula is C70H68N2O2. The van der Waals surface area contributed by atoms with Crippen LogP contribution in [0.4, 0.5) is 34.1 Å². The maximum absolute atomic E-state index is 5.95. The van der Waals surface area contributed by atoms with Crippen LogP contribution in [0.15, 0.2) is 182 Å². The van der Waals surface area contributed by atoms with Gasteiger partial charge in [-0.25, -0.2) is 0 Å². The van der Waals surface area contributed by atoms with Crippen LogP contribution in [0.25, 0.3) is 46.6 Å². The minimum atomic E-state index is 0.634. The Balaban J connectivity index is 0.951. The summed E-state index contributed by atoms with van der Waals surface area (Å²) in [4.78, 5) is 4.79. The summed E-state index contributed by atoms with van der Waals surface area (Å²) in [6.07, 6.45) is 8.67. The van der Waals surface area contributed by atoms with Crippen LogP contribution >= 0.6 is 0 Å². The summed E-state index contributed by atoms with van der Waals surface area (Å²) in [5.41, 5.74) is 25.9. The van der Waals surface area contributed by atoms with Crippen LogP contribution in [0.2, 0.25) is 0 Å². The van der Waals surface area contributed by atoms with E-state index < -0.39 is 0 Å². The van der Waals surface area contributed by atoms with Gasteiger partial charge in [-0.2, -0.15) is 0 Å². The number of nitrogens with zero attached hydrogens (tertiary/aromatic N) is 2. The SMILES string of the molecule is CCOc1ccc(/C=C/c2ccc(N(c3ccc(-c4ccc(-c5ccc(N(c6ccc(/C=C/c7ccc(C)cc7OCC)cc6)c6c(C)cc(C)cc6C)cc5)cc4)cc3)c3c(C)cc(C)cc3C)cc2)c(C)c1. The molecule has 0 unspecified atom stereocenters. The number of hydrogen-bond donors (Lipinski definition) is 0. The number of ether oxygens (including phenoxy) is 2. The molecule has 9 rings (SSSR count).